The lowest BCUT2D eigenvalue weighted by Crippen LogP contribution is -2.22. The Morgan fingerprint density at radius 3 is 2.24 bits per heavy atom. The largest absolute Gasteiger partial charge is 0.323 e. The number of hydrogen-bond acceptors (Lipinski definition) is 5. The molecule has 0 saturated heterocycles. The number of nitrogens with zero attached hydrogens (tertiary/aromatic N) is 1. The molecule has 4 aromatic rings. The highest BCUT2D eigenvalue weighted by atomic mass is 35.5. The minimum absolute atomic E-state index is 0.144. The fourth-order valence-corrected chi connectivity index (χ4v) is 4.83. The Morgan fingerprint density at radius 2 is 1.53 bits per heavy atom. The van der Waals surface area contributed by atoms with Gasteiger partial charge in [-0.05, 0) is 49.4 Å². The lowest BCUT2D eigenvalue weighted by atomic mass is 10.2. The van der Waals surface area contributed by atoms with Gasteiger partial charge in [-0.2, -0.15) is 0 Å². The van der Waals surface area contributed by atoms with E-state index in [0.29, 0.717) is 21.5 Å². The van der Waals surface area contributed by atoms with Crippen LogP contribution in [0, 0.1) is 0 Å². The minimum Gasteiger partial charge on any atom is -0.308 e. The van der Waals surface area contributed by atoms with Gasteiger partial charge in [-0.1, -0.05) is 48.0 Å². The summed E-state index contributed by atoms with van der Waals surface area (Å²) < 4.78 is 0. The number of thioether (sulfide) groups is 1. The molecule has 1 unspecified atom stereocenters. The molecule has 0 fully saturated rings. The number of para-hydroxylation sites is 1. The standard InChI is InChI=1S/C25H21ClN4O2S2/c1-16(23(31)30-25-29-22(15-33-25)20-9-5-6-10-21(20)26)34-19-13-11-18(12-14-19)28-24(32)27-17-7-3-2-4-8-17/h2-16H,1H3,(H2,27,28,32)(H,29,30,31). The second kappa shape index (κ2) is 11.2. The normalized spacial score (nSPS) is 11.5. The van der Waals surface area contributed by atoms with Gasteiger partial charge >= 0.3 is 6.03 Å². The average Bonchev–Trinajstić information content (AvgIpc) is 3.29. The number of aromatic nitrogens is 1. The van der Waals surface area contributed by atoms with Crippen molar-refractivity contribution in [1.29, 1.82) is 0 Å². The SMILES string of the molecule is CC(Sc1ccc(NC(=O)Nc2ccccc2)cc1)C(=O)Nc1nc(-c2ccccc2Cl)cs1. The van der Waals surface area contributed by atoms with E-state index in [-0.39, 0.29) is 17.2 Å². The molecule has 34 heavy (non-hydrogen) atoms. The van der Waals surface area contributed by atoms with Crippen molar-refractivity contribution in [3.8, 4) is 11.3 Å². The van der Waals surface area contributed by atoms with Gasteiger partial charge < -0.3 is 16.0 Å². The molecule has 0 spiro atoms. The van der Waals surface area contributed by atoms with Crippen molar-refractivity contribution < 1.29 is 9.59 Å². The Hall–Kier alpha value is -3.33. The van der Waals surface area contributed by atoms with Crippen LogP contribution < -0.4 is 16.0 Å². The summed E-state index contributed by atoms with van der Waals surface area (Å²) in [6.45, 7) is 1.84. The summed E-state index contributed by atoms with van der Waals surface area (Å²) in [5, 5.41) is 11.1. The third-order valence-corrected chi connectivity index (χ3v) is 6.91. The highest BCUT2D eigenvalue weighted by Gasteiger charge is 2.17. The highest BCUT2D eigenvalue weighted by molar-refractivity contribution is 8.00. The molecule has 0 radical (unpaired) electrons. The summed E-state index contributed by atoms with van der Waals surface area (Å²) in [4.78, 5) is 30.2. The van der Waals surface area contributed by atoms with Gasteiger partial charge in [0.2, 0.25) is 5.91 Å². The van der Waals surface area contributed by atoms with Crippen LogP contribution in [0.15, 0.2) is 89.1 Å². The molecule has 3 aromatic carbocycles. The van der Waals surface area contributed by atoms with Gasteiger partial charge in [-0.15, -0.1) is 23.1 Å². The summed E-state index contributed by atoms with van der Waals surface area (Å²) in [5.74, 6) is -0.144. The number of halogens is 1. The summed E-state index contributed by atoms with van der Waals surface area (Å²) in [7, 11) is 0. The van der Waals surface area contributed by atoms with Crippen molar-refractivity contribution in [2.45, 2.75) is 17.1 Å². The first-order valence-electron chi connectivity index (χ1n) is 10.4. The zero-order valence-electron chi connectivity index (χ0n) is 18.1. The number of rotatable bonds is 7. The first-order chi connectivity index (χ1) is 16.5. The quantitative estimate of drug-likeness (QED) is 0.230. The van der Waals surface area contributed by atoms with Crippen LogP contribution in [0.1, 0.15) is 6.92 Å². The number of anilines is 3. The Kier molecular flexibility index (Phi) is 7.84. The van der Waals surface area contributed by atoms with Gasteiger partial charge in [0.25, 0.3) is 0 Å². The van der Waals surface area contributed by atoms with Gasteiger partial charge in [0.05, 0.1) is 10.9 Å². The first-order valence-corrected chi connectivity index (χ1v) is 12.5. The maximum Gasteiger partial charge on any atom is 0.323 e. The third-order valence-electron chi connectivity index (χ3n) is 4.71. The van der Waals surface area contributed by atoms with Gasteiger partial charge in [-0.3, -0.25) is 4.79 Å². The van der Waals surface area contributed by atoms with Crippen molar-refractivity contribution in [3.63, 3.8) is 0 Å². The maximum absolute atomic E-state index is 12.7. The van der Waals surface area contributed by atoms with Gasteiger partial charge in [0, 0.05) is 32.2 Å². The molecule has 3 amide bonds. The van der Waals surface area contributed by atoms with Crippen molar-refractivity contribution in [2.75, 3.05) is 16.0 Å². The van der Waals surface area contributed by atoms with E-state index < -0.39 is 0 Å². The Balaban J connectivity index is 1.29. The molecule has 9 heteroatoms. The van der Waals surface area contributed by atoms with Gasteiger partial charge in [0.15, 0.2) is 5.13 Å². The number of carbonyl (C=O) groups is 2. The van der Waals surface area contributed by atoms with E-state index in [4.69, 9.17) is 11.6 Å². The molecular weight excluding hydrogens is 488 g/mol. The molecule has 0 aliphatic heterocycles. The average molecular weight is 509 g/mol. The molecule has 172 valence electrons. The van der Waals surface area contributed by atoms with E-state index >= 15 is 0 Å². The van der Waals surface area contributed by atoms with Crippen molar-refractivity contribution in [1.82, 2.24) is 4.98 Å². The number of benzene rings is 3. The predicted molar refractivity (Wildman–Crippen MR) is 142 cm³/mol. The second-order valence-electron chi connectivity index (χ2n) is 7.24. The van der Waals surface area contributed by atoms with Crippen molar-refractivity contribution in [2.24, 2.45) is 0 Å². The maximum atomic E-state index is 12.7. The Labute approximate surface area is 210 Å². The zero-order chi connectivity index (χ0) is 23.9. The molecule has 1 heterocycles. The van der Waals surface area contributed by atoms with Crippen LogP contribution in [0.2, 0.25) is 5.02 Å². The highest BCUT2D eigenvalue weighted by Crippen LogP contribution is 2.31. The fraction of sp³-hybridized carbons (Fsp3) is 0.0800. The van der Waals surface area contributed by atoms with Crippen LogP contribution in [-0.2, 0) is 4.79 Å². The molecule has 0 aliphatic carbocycles. The lowest BCUT2D eigenvalue weighted by molar-refractivity contribution is -0.115. The van der Waals surface area contributed by atoms with Crippen LogP contribution in [0.3, 0.4) is 0 Å². The van der Waals surface area contributed by atoms with E-state index in [2.05, 4.69) is 20.9 Å². The monoisotopic (exact) mass is 508 g/mol. The number of carbonyl (C=O) groups excluding carboxylic acids is 2. The zero-order valence-corrected chi connectivity index (χ0v) is 20.5. The van der Waals surface area contributed by atoms with E-state index in [1.807, 2.05) is 79.0 Å². The van der Waals surface area contributed by atoms with Gasteiger partial charge in [0.1, 0.15) is 0 Å². The molecule has 3 N–H and O–H groups in total. The van der Waals surface area contributed by atoms with E-state index in [1.54, 1.807) is 12.1 Å². The van der Waals surface area contributed by atoms with Crippen molar-refractivity contribution >= 4 is 63.1 Å². The number of urea groups is 1. The minimum atomic E-state index is -0.340. The van der Waals surface area contributed by atoms with Crippen LogP contribution in [0.4, 0.5) is 21.3 Å². The number of amides is 3. The van der Waals surface area contributed by atoms with Gasteiger partial charge in [-0.25, -0.2) is 9.78 Å². The summed E-state index contributed by atoms with van der Waals surface area (Å²) in [6.07, 6.45) is 0. The Morgan fingerprint density at radius 1 is 0.882 bits per heavy atom. The first kappa shape index (κ1) is 23.8. The lowest BCUT2D eigenvalue weighted by Gasteiger charge is -2.11. The molecule has 0 saturated carbocycles. The second-order valence-corrected chi connectivity index (χ2v) is 9.92. The van der Waals surface area contributed by atoms with Crippen LogP contribution in [0.25, 0.3) is 11.3 Å². The summed E-state index contributed by atoms with van der Waals surface area (Å²) in [6, 6.07) is 23.7. The smallest absolute Gasteiger partial charge is 0.308 e. The van der Waals surface area contributed by atoms with Crippen LogP contribution in [0.5, 0.6) is 0 Å². The number of nitrogens with one attached hydrogen (secondary N) is 3. The molecule has 4 rings (SSSR count). The molecule has 1 atom stereocenters. The molecule has 6 nitrogen and oxygen atoms in total. The predicted octanol–water partition coefficient (Wildman–Crippen LogP) is 7.23. The molecular formula is C25H21ClN4O2S2. The summed E-state index contributed by atoms with van der Waals surface area (Å²) in [5.41, 5.74) is 2.93. The fourth-order valence-electron chi connectivity index (χ4n) is 3.02. The van der Waals surface area contributed by atoms with E-state index in [0.717, 1.165) is 16.2 Å². The van der Waals surface area contributed by atoms with Crippen molar-refractivity contribution in [3.05, 3.63) is 89.3 Å². The Bertz CT molecular complexity index is 1280. The van der Waals surface area contributed by atoms with Crippen LogP contribution >= 0.6 is 34.7 Å². The summed E-state index contributed by atoms with van der Waals surface area (Å²) >= 11 is 9.02. The molecule has 1 aromatic heterocycles. The van der Waals surface area contributed by atoms with Crippen LogP contribution in [-0.4, -0.2) is 22.2 Å². The van der Waals surface area contributed by atoms with E-state index in [9.17, 15) is 9.59 Å². The number of hydrogen-bond donors (Lipinski definition) is 3. The third kappa shape index (κ3) is 6.38. The topological polar surface area (TPSA) is 83.1 Å². The number of thiazole rings is 1. The molecule has 0 bridgehead atoms. The van der Waals surface area contributed by atoms with E-state index in [1.165, 1.54) is 23.1 Å². The molecule has 0 aliphatic rings.